The van der Waals surface area contributed by atoms with Crippen LogP contribution in [0.4, 0.5) is 4.79 Å². The largest absolute Gasteiger partial charge is 0.508 e. The first kappa shape index (κ1) is 30.6. The van der Waals surface area contributed by atoms with E-state index in [4.69, 9.17) is 4.74 Å². The molecule has 0 aliphatic heterocycles. The summed E-state index contributed by atoms with van der Waals surface area (Å²) in [6.45, 7) is 14.7. The molecule has 0 aliphatic carbocycles. The molecular weight excluding hydrogens is 466 g/mol. The van der Waals surface area contributed by atoms with Gasteiger partial charge in [-0.1, -0.05) is 19.1 Å². The fourth-order valence-corrected chi connectivity index (χ4v) is 4.00. The number of alkyl carbamates (subject to hydrolysis) is 1. The molecule has 0 aromatic heterocycles. The molecule has 0 heterocycles. The number of nitrogens with one attached hydrogen (secondary N) is 2. The molecule has 1 rings (SSSR count). The number of ether oxygens (including phenoxy) is 1. The molecule has 0 aliphatic rings. The lowest BCUT2D eigenvalue weighted by molar-refractivity contribution is -0.149. The van der Waals surface area contributed by atoms with E-state index in [9.17, 15) is 19.5 Å². The van der Waals surface area contributed by atoms with Crippen molar-refractivity contribution in [3.8, 4) is 5.75 Å². The minimum atomic E-state index is -1.01. The first-order chi connectivity index (χ1) is 16.1. The highest BCUT2D eigenvalue weighted by molar-refractivity contribution is 7.98. The van der Waals surface area contributed by atoms with E-state index >= 15 is 0 Å². The van der Waals surface area contributed by atoms with E-state index in [1.807, 2.05) is 40.9 Å². The monoisotopic (exact) mass is 509 g/mol. The van der Waals surface area contributed by atoms with Gasteiger partial charge in [0.25, 0.3) is 0 Å². The standard InChI is InChI=1S/C26H43N3O5S/c1-10-26(7,8)29(21(22(31)27-17(2)3)18-12-11-13-19(30)16-18)23(32)20(14-15-35-9)28-24(33)34-25(4,5)6/h11-13,16-17,20-21,30H,10,14-15H2,1-9H3,(H,27,31)(H,28,33). The van der Waals surface area contributed by atoms with Crippen LogP contribution in [0.1, 0.15) is 79.8 Å². The Balaban J connectivity index is 3.59. The minimum Gasteiger partial charge on any atom is -0.508 e. The Morgan fingerprint density at radius 3 is 2.23 bits per heavy atom. The second-order valence-corrected chi connectivity index (χ2v) is 11.5. The molecule has 0 saturated carbocycles. The maximum atomic E-state index is 14.1. The predicted octanol–water partition coefficient (Wildman–Crippen LogP) is 4.62. The third kappa shape index (κ3) is 9.63. The van der Waals surface area contributed by atoms with Crippen molar-refractivity contribution in [2.45, 2.75) is 97.5 Å². The van der Waals surface area contributed by atoms with Gasteiger partial charge in [-0.25, -0.2) is 4.79 Å². The number of hydrogen-bond donors (Lipinski definition) is 3. The smallest absolute Gasteiger partial charge is 0.408 e. The molecule has 0 bridgehead atoms. The molecule has 0 spiro atoms. The van der Waals surface area contributed by atoms with Crippen molar-refractivity contribution < 1.29 is 24.2 Å². The van der Waals surface area contributed by atoms with Gasteiger partial charge in [0.1, 0.15) is 23.4 Å². The predicted molar refractivity (Wildman–Crippen MR) is 141 cm³/mol. The van der Waals surface area contributed by atoms with E-state index in [1.165, 1.54) is 12.1 Å². The average molecular weight is 510 g/mol. The Kier molecular flexibility index (Phi) is 11.4. The van der Waals surface area contributed by atoms with Crippen molar-refractivity contribution in [3.05, 3.63) is 29.8 Å². The molecule has 2 unspecified atom stereocenters. The van der Waals surface area contributed by atoms with Crippen LogP contribution in [-0.2, 0) is 14.3 Å². The summed E-state index contributed by atoms with van der Waals surface area (Å²) in [4.78, 5) is 41.8. The van der Waals surface area contributed by atoms with Crippen molar-refractivity contribution in [2.24, 2.45) is 0 Å². The molecule has 0 fully saturated rings. The summed E-state index contributed by atoms with van der Waals surface area (Å²) in [5.41, 5.74) is -0.978. The Bertz CT molecular complexity index is 867. The maximum absolute atomic E-state index is 14.1. The van der Waals surface area contributed by atoms with Crippen molar-refractivity contribution in [3.63, 3.8) is 0 Å². The van der Waals surface area contributed by atoms with Gasteiger partial charge < -0.3 is 25.4 Å². The fraction of sp³-hybridized carbons (Fsp3) is 0.654. The lowest BCUT2D eigenvalue weighted by Gasteiger charge is -2.44. The molecule has 0 radical (unpaired) electrons. The summed E-state index contributed by atoms with van der Waals surface area (Å²) in [5.74, 6) is -0.121. The lowest BCUT2D eigenvalue weighted by Crippen LogP contribution is -2.59. The van der Waals surface area contributed by atoms with Crippen molar-refractivity contribution in [2.75, 3.05) is 12.0 Å². The van der Waals surface area contributed by atoms with E-state index in [2.05, 4.69) is 10.6 Å². The molecule has 3 amide bonds. The summed E-state index contributed by atoms with van der Waals surface area (Å²) in [5, 5.41) is 15.8. The first-order valence-electron chi connectivity index (χ1n) is 12.0. The van der Waals surface area contributed by atoms with Gasteiger partial charge in [0.15, 0.2) is 0 Å². The van der Waals surface area contributed by atoms with Gasteiger partial charge in [-0.2, -0.15) is 11.8 Å². The van der Waals surface area contributed by atoms with Crippen molar-refractivity contribution in [1.29, 1.82) is 0 Å². The Morgan fingerprint density at radius 2 is 1.74 bits per heavy atom. The van der Waals surface area contributed by atoms with E-state index in [-0.39, 0.29) is 23.6 Å². The number of carbonyl (C=O) groups is 3. The van der Waals surface area contributed by atoms with Gasteiger partial charge in [-0.15, -0.1) is 0 Å². The summed E-state index contributed by atoms with van der Waals surface area (Å²) in [7, 11) is 0. The fourth-order valence-electron chi connectivity index (χ4n) is 3.53. The molecule has 3 N–H and O–H groups in total. The molecule has 9 heteroatoms. The number of phenolic OH excluding ortho intramolecular Hbond substituents is 1. The van der Waals surface area contributed by atoms with E-state index < -0.39 is 29.3 Å². The van der Waals surface area contributed by atoms with Gasteiger partial charge in [-0.3, -0.25) is 9.59 Å². The van der Waals surface area contributed by atoms with Gasteiger partial charge in [-0.05, 0) is 91.0 Å². The van der Waals surface area contributed by atoms with Crippen LogP contribution in [0, 0.1) is 0 Å². The van der Waals surface area contributed by atoms with Gasteiger partial charge in [0, 0.05) is 11.6 Å². The van der Waals surface area contributed by atoms with Gasteiger partial charge in [0.2, 0.25) is 11.8 Å². The number of hydrogen-bond acceptors (Lipinski definition) is 6. The van der Waals surface area contributed by atoms with Crippen LogP contribution in [0.15, 0.2) is 24.3 Å². The number of carbonyl (C=O) groups excluding carboxylic acids is 3. The number of benzene rings is 1. The molecule has 2 atom stereocenters. The summed E-state index contributed by atoms with van der Waals surface area (Å²) in [6.07, 6.45) is 2.17. The highest BCUT2D eigenvalue weighted by atomic mass is 32.2. The molecule has 8 nitrogen and oxygen atoms in total. The quantitative estimate of drug-likeness (QED) is 0.402. The number of phenols is 1. The molecular formula is C26H43N3O5S. The Hall–Kier alpha value is -2.42. The lowest BCUT2D eigenvalue weighted by atomic mass is 9.91. The summed E-state index contributed by atoms with van der Waals surface area (Å²) in [6, 6.07) is 4.31. The van der Waals surface area contributed by atoms with Crippen LogP contribution < -0.4 is 10.6 Å². The van der Waals surface area contributed by atoms with Gasteiger partial charge in [0.05, 0.1) is 0 Å². The third-order valence-electron chi connectivity index (χ3n) is 5.48. The second-order valence-electron chi connectivity index (χ2n) is 10.5. The van der Waals surface area contributed by atoms with Crippen molar-refractivity contribution >= 4 is 29.7 Å². The third-order valence-corrected chi connectivity index (χ3v) is 6.12. The van der Waals surface area contributed by atoms with Crippen LogP contribution >= 0.6 is 11.8 Å². The highest BCUT2D eigenvalue weighted by Gasteiger charge is 2.43. The first-order valence-corrected chi connectivity index (χ1v) is 13.4. The number of rotatable bonds is 11. The molecule has 0 saturated heterocycles. The summed E-state index contributed by atoms with van der Waals surface area (Å²) >= 11 is 1.56. The number of aromatic hydroxyl groups is 1. The molecule has 1 aromatic carbocycles. The zero-order chi connectivity index (χ0) is 27.0. The Labute approximate surface area is 214 Å². The van der Waals surface area contributed by atoms with Crippen LogP contribution in [0.25, 0.3) is 0 Å². The summed E-state index contributed by atoms with van der Waals surface area (Å²) < 4.78 is 5.41. The maximum Gasteiger partial charge on any atom is 0.408 e. The molecule has 1 aromatic rings. The minimum absolute atomic E-state index is 0.00244. The number of nitrogens with zero attached hydrogens (tertiary/aromatic N) is 1. The van der Waals surface area contributed by atoms with Crippen LogP contribution in [0.3, 0.4) is 0 Å². The Morgan fingerprint density at radius 1 is 1.11 bits per heavy atom. The zero-order valence-corrected chi connectivity index (χ0v) is 23.4. The zero-order valence-electron chi connectivity index (χ0n) is 22.6. The molecule has 35 heavy (non-hydrogen) atoms. The van der Waals surface area contributed by atoms with Gasteiger partial charge >= 0.3 is 6.09 Å². The van der Waals surface area contributed by atoms with Crippen LogP contribution in [-0.4, -0.2) is 63.1 Å². The second kappa shape index (κ2) is 13.0. The normalized spacial score (nSPS) is 13.7. The van der Waals surface area contributed by atoms with E-state index in [0.29, 0.717) is 24.2 Å². The van der Waals surface area contributed by atoms with Crippen LogP contribution in [0.2, 0.25) is 0 Å². The average Bonchev–Trinajstić information content (AvgIpc) is 2.72. The SMILES string of the molecule is CCC(C)(C)N(C(=O)C(CCSC)NC(=O)OC(C)(C)C)C(C(=O)NC(C)C)c1cccc(O)c1. The van der Waals surface area contributed by atoms with Crippen LogP contribution in [0.5, 0.6) is 5.75 Å². The van der Waals surface area contributed by atoms with E-state index in [1.54, 1.807) is 49.6 Å². The van der Waals surface area contributed by atoms with E-state index in [0.717, 1.165) is 0 Å². The number of amides is 3. The van der Waals surface area contributed by atoms with Crippen molar-refractivity contribution in [1.82, 2.24) is 15.5 Å². The number of thioether (sulfide) groups is 1. The highest BCUT2D eigenvalue weighted by Crippen LogP contribution is 2.33. The molecule has 198 valence electrons. The topological polar surface area (TPSA) is 108 Å².